The summed E-state index contributed by atoms with van der Waals surface area (Å²) < 4.78 is 90.3. The number of hydrogen-bond donors (Lipinski definition) is 1. The van der Waals surface area contributed by atoms with Gasteiger partial charge in [-0.25, -0.2) is 9.59 Å². The van der Waals surface area contributed by atoms with Crippen LogP contribution in [0.25, 0.3) is 0 Å². The molecular weight excluding hydrogens is 432 g/mol. The Morgan fingerprint density at radius 1 is 0.968 bits per heavy atom. The van der Waals surface area contributed by atoms with E-state index in [4.69, 9.17) is 9.47 Å². The summed E-state index contributed by atoms with van der Waals surface area (Å²) in [4.78, 5) is 25.0. The first kappa shape index (κ1) is 24.3. The normalized spacial score (nSPS) is 17.1. The topological polar surface area (TPSA) is 64.6 Å². The van der Waals surface area contributed by atoms with E-state index in [1.807, 2.05) is 0 Å². The Morgan fingerprint density at radius 2 is 1.55 bits per heavy atom. The molecule has 2 rings (SSSR count). The first-order valence-electron chi connectivity index (χ1n) is 9.12. The summed E-state index contributed by atoms with van der Waals surface area (Å²) in [6.07, 6.45) is -9.16. The Morgan fingerprint density at radius 3 is 2.06 bits per heavy atom. The second kappa shape index (κ2) is 9.03. The number of carbonyl (C=O) groups excluding carboxylic acids is 2. The molecule has 1 unspecified atom stereocenters. The van der Waals surface area contributed by atoms with Crippen LogP contribution >= 0.6 is 0 Å². The Labute approximate surface area is 173 Å². The smallest absolute Gasteiger partial charge is 0.416 e. The molecule has 1 atom stereocenters. The number of halogens is 6. The van der Waals surface area contributed by atoms with Gasteiger partial charge in [0.2, 0.25) is 0 Å². The van der Waals surface area contributed by atoms with Crippen LogP contribution in [0.5, 0.6) is 0 Å². The van der Waals surface area contributed by atoms with Gasteiger partial charge in [0, 0.05) is 11.9 Å². The van der Waals surface area contributed by atoms with Crippen LogP contribution in [0.3, 0.4) is 0 Å². The lowest BCUT2D eigenvalue weighted by Crippen LogP contribution is -2.31. The van der Waals surface area contributed by atoms with E-state index in [0.29, 0.717) is 12.1 Å². The zero-order chi connectivity index (χ0) is 23.6. The van der Waals surface area contributed by atoms with Crippen LogP contribution in [-0.2, 0) is 31.4 Å². The molecule has 11 heteroatoms. The minimum atomic E-state index is -5.20. The molecule has 0 saturated carbocycles. The zero-order valence-electron chi connectivity index (χ0n) is 16.7. The predicted molar refractivity (Wildman–Crippen MR) is 96.4 cm³/mol. The van der Waals surface area contributed by atoms with Crippen LogP contribution in [0.2, 0.25) is 0 Å². The average Bonchev–Trinajstić information content (AvgIpc) is 2.66. The monoisotopic (exact) mass is 451 g/mol. The number of esters is 2. The van der Waals surface area contributed by atoms with Gasteiger partial charge in [-0.2, -0.15) is 26.3 Å². The van der Waals surface area contributed by atoms with Gasteiger partial charge in [-0.3, -0.25) is 0 Å². The molecule has 170 valence electrons. The maximum absolute atomic E-state index is 13.8. The van der Waals surface area contributed by atoms with E-state index in [1.54, 1.807) is 0 Å². The summed E-state index contributed by atoms with van der Waals surface area (Å²) in [6.45, 7) is 4.09. The summed E-state index contributed by atoms with van der Waals surface area (Å²) in [5, 5.41) is 2.61. The number of nitrogens with one attached hydrogen (secondary N) is 1. The van der Waals surface area contributed by atoms with E-state index in [9.17, 15) is 35.9 Å². The second-order valence-corrected chi connectivity index (χ2v) is 6.45. The van der Waals surface area contributed by atoms with Gasteiger partial charge in [0.15, 0.2) is 0 Å². The quantitative estimate of drug-likeness (QED) is 0.520. The summed E-state index contributed by atoms with van der Waals surface area (Å²) >= 11 is 0. The number of alkyl halides is 6. The Hall–Kier alpha value is -2.98. The summed E-state index contributed by atoms with van der Waals surface area (Å²) in [5.74, 6) is -3.69. The van der Waals surface area contributed by atoms with Crippen molar-refractivity contribution in [2.24, 2.45) is 0 Å². The molecule has 0 spiro atoms. The van der Waals surface area contributed by atoms with Gasteiger partial charge >= 0.3 is 24.3 Å². The standard InChI is InChI=1S/C20H19F6NO4/c1-4-30-17(28)13-9-27-10(3)15(18(29)31-5-2)16(13)12-7-6-11(19(21,22)23)8-14(12)20(24,25)26/h6-9,16,27H,4-5H2,1-3H3. The highest BCUT2D eigenvalue weighted by Gasteiger charge is 2.44. The highest BCUT2D eigenvalue weighted by molar-refractivity contribution is 5.99. The summed E-state index contributed by atoms with van der Waals surface area (Å²) in [7, 11) is 0. The van der Waals surface area contributed by atoms with E-state index >= 15 is 0 Å². The second-order valence-electron chi connectivity index (χ2n) is 6.45. The maximum Gasteiger partial charge on any atom is 0.416 e. The molecule has 0 aliphatic carbocycles. The molecule has 1 N–H and O–H groups in total. The third kappa shape index (κ3) is 5.20. The third-order valence-electron chi connectivity index (χ3n) is 4.45. The predicted octanol–water partition coefficient (Wildman–Crippen LogP) is 4.70. The van der Waals surface area contributed by atoms with E-state index in [2.05, 4.69) is 5.32 Å². The number of benzene rings is 1. The fraction of sp³-hybridized carbons (Fsp3) is 0.400. The van der Waals surface area contributed by atoms with Crippen LogP contribution in [0.15, 0.2) is 41.2 Å². The molecule has 0 saturated heterocycles. The van der Waals surface area contributed by atoms with Crippen molar-refractivity contribution in [1.82, 2.24) is 5.32 Å². The number of rotatable bonds is 5. The maximum atomic E-state index is 13.8. The van der Waals surface area contributed by atoms with Crippen LogP contribution in [0, 0.1) is 0 Å². The molecule has 1 aromatic carbocycles. The lowest BCUT2D eigenvalue weighted by Gasteiger charge is -2.29. The van der Waals surface area contributed by atoms with Gasteiger partial charge in [-0.05, 0) is 38.5 Å². The first-order chi connectivity index (χ1) is 14.3. The molecule has 0 radical (unpaired) electrons. The Balaban J connectivity index is 2.81. The molecular formula is C20H19F6NO4. The number of ether oxygens (including phenoxy) is 2. The molecule has 1 heterocycles. The molecule has 1 aromatic rings. The van der Waals surface area contributed by atoms with Crippen molar-refractivity contribution in [3.63, 3.8) is 0 Å². The van der Waals surface area contributed by atoms with E-state index < -0.39 is 46.9 Å². The minimum absolute atomic E-state index is 0.0434. The van der Waals surface area contributed by atoms with Gasteiger partial charge in [0.25, 0.3) is 0 Å². The van der Waals surface area contributed by atoms with E-state index in [1.165, 1.54) is 20.8 Å². The molecule has 31 heavy (non-hydrogen) atoms. The van der Waals surface area contributed by atoms with Crippen molar-refractivity contribution < 1.29 is 45.4 Å². The van der Waals surface area contributed by atoms with Gasteiger partial charge in [0.1, 0.15) is 0 Å². The average molecular weight is 451 g/mol. The van der Waals surface area contributed by atoms with E-state index in [-0.39, 0.29) is 36.1 Å². The highest BCUT2D eigenvalue weighted by atomic mass is 19.4. The number of carbonyl (C=O) groups is 2. The van der Waals surface area contributed by atoms with Crippen LogP contribution < -0.4 is 5.32 Å². The van der Waals surface area contributed by atoms with Crippen molar-refractivity contribution in [2.75, 3.05) is 13.2 Å². The molecule has 0 bridgehead atoms. The van der Waals surface area contributed by atoms with Crippen molar-refractivity contribution in [2.45, 2.75) is 39.0 Å². The van der Waals surface area contributed by atoms with Crippen LogP contribution in [0.4, 0.5) is 26.3 Å². The lowest BCUT2D eigenvalue weighted by molar-refractivity contribution is -0.145. The molecule has 1 aliphatic heterocycles. The third-order valence-corrected chi connectivity index (χ3v) is 4.45. The molecule has 0 amide bonds. The summed E-state index contributed by atoms with van der Waals surface area (Å²) in [6, 6.07) is 1.03. The minimum Gasteiger partial charge on any atom is -0.463 e. The Bertz CT molecular complexity index is 931. The SMILES string of the molecule is CCOC(=O)C1=CNC(C)=C(C(=O)OCC)C1c1ccc(C(F)(F)F)cc1C(F)(F)F. The van der Waals surface area contributed by atoms with Crippen molar-refractivity contribution in [3.05, 3.63) is 57.9 Å². The van der Waals surface area contributed by atoms with Crippen molar-refractivity contribution >= 4 is 11.9 Å². The lowest BCUT2D eigenvalue weighted by atomic mass is 9.79. The number of allylic oxidation sites excluding steroid dienone is 1. The largest absolute Gasteiger partial charge is 0.463 e. The fourth-order valence-electron chi connectivity index (χ4n) is 3.14. The van der Waals surface area contributed by atoms with Crippen LogP contribution in [0.1, 0.15) is 43.4 Å². The van der Waals surface area contributed by atoms with E-state index in [0.717, 1.165) is 6.20 Å². The Kier molecular flexibility index (Phi) is 7.07. The van der Waals surface area contributed by atoms with Gasteiger partial charge in [0.05, 0.1) is 41.4 Å². The summed E-state index contributed by atoms with van der Waals surface area (Å²) in [5.41, 5.74) is -4.47. The van der Waals surface area contributed by atoms with Crippen molar-refractivity contribution in [3.8, 4) is 0 Å². The molecule has 1 aliphatic rings. The fourth-order valence-corrected chi connectivity index (χ4v) is 3.14. The highest BCUT2D eigenvalue weighted by Crippen LogP contribution is 2.45. The molecule has 5 nitrogen and oxygen atoms in total. The van der Waals surface area contributed by atoms with Gasteiger partial charge in [-0.15, -0.1) is 0 Å². The molecule has 0 fully saturated rings. The number of hydrogen-bond acceptors (Lipinski definition) is 5. The van der Waals surface area contributed by atoms with Gasteiger partial charge in [-0.1, -0.05) is 6.07 Å². The zero-order valence-corrected chi connectivity index (χ0v) is 16.7. The van der Waals surface area contributed by atoms with Crippen molar-refractivity contribution in [1.29, 1.82) is 0 Å². The molecule has 0 aromatic heterocycles. The van der Waals surface area contributed by atoms with Crippen LogP contribution in [-0.4, -0.2) is 25.2 Å². The number of dihydropyridines is 1. The first-order valence-corrected chi connectivity index (χ1v) is 9.12. The van der Waals surface area contributed by atoms with Gasteiger partial charge < -0.3 is 14.8 Å².